The van der Waals surface area contributed by atoms with Crippen molar-refractivity contribution in [2.75, 3.05) is 18.5 Å². The summed E-state index contributed by atoms with van der Waals surface area (Å²) in [5.74, 6) is 0. The van der Waals surface area contributed by atoms with Crippen LogP contribution in [0.4, 0.5) is 5.69 Å². The first-order valence-electron chi connectivity index (χ1n) is 5.46. The van der Waals surface area contributed by atoms with Crippen molar-refractivity contribution in [1.29, 1.82) is 0 Å². The van der Waals surface area contributed by atoms with Gasteiger partial charge >= 0.3 is 0 Å². The summed E-state index contributed by atoms with van der Waals surface area (Å²) in [6, 6.07) is 6.96. The van der Waals surface area contributed by atoms with Crippen molar-refractivity contribution in [2.45, 2.75) is 25.7 Å². The highest BCUT2D eigenvalue weighted by atomic mass is 16.5. The van der Waals surface area contributed by atoms with E-state index in [1.165, 1.54) is 16.8 Å². The number of hydrogen-bond acceptors (Lipinski definition) is 3. The summed E-state index contributed by atoms with van der Waals surface area (Å²) in [4.78, 5) is 0. The summed E-state index contributed by atoms with van der Waals surface area (Å²) in [5, 5.41) is 3.49. The van der Waals surface area contributed by atoms with E-state index in [9.17, 15) is 0 Å². The monoisotopic (exact) mass is 205 g/mol. The van der Waals surface area contributed by atoms with Crippen molar-refractivity contribution in [1.82, 2.24) is 0 Å². The molecule has 3 rings (SSSR count). The maximum atomic E-state index is 5.39. The van der Waals surface area contributed by atoms with Gasteiger partial charge in [-0.1, -0.05) is 6.07 Å². The minimum Gasteiger partial charge on any atom is -0.380 e. The van der Waals surface area contributed by atoms with Crippen LogP contribution in [0.1, 0.15) is 17.5 Å². The van der Waals surface area contributed by atoms with E-state index < -0.39 is 0 Å². The molecule has 1 aromatic carbocycles. The van der Waals surface area contributed by atoms with Gasteiger partial charge in [0.2, 0.25) is 0 Å². The number of anilines is 1. The molecule has 3 heteroatoms. The van der Waals surface area contributed by atoms with E-state index in [4.69, 9.17) is 9.47 Å². The van der Waals surface area contributed by atoms with E-state index in [2.05, 4.69) is 23.5 Å². The van der Waals surface area contributed by atoms with Gasteiger partial charge < -0.3 is 14.8 Å². The van der Waals surface area contributed by atoms with E-state index in [1.54, 1.807) is 0 Å². The molecule has 2 heterocycles. The summed E-state index contributed by atoms with van der Waals surface area (Å²) in [7, 11) is 0. The molecule has 1 unspecified atom stereocenters. The van der Waals surface area contributed by atoms with Crippen molar-refractivity contribution >= 4 is 5.69 Å². The van der Waals surface area contributed by atoms with Crippen LogP contribution in [-0.2, 0) is 22.7 Å². The Morgan fingerprint density at radius 1 is 1.13 bits per heavy atom. The summed E-state index contributed by atoms with van der Waals surface area (Å²) < 4.78 is 10.7. The smallest absolute Gasteiger partial charge is 0.0725 e. The van der Waals surface area contributed by atoms with Gasteiger partial charge in [0, 0.05) is 12.3 Å². The molecule has 1 fully saturated rings. The Morgan fingerprint density at radius 2 is 2.07 bits per heavy atom. The molecule has 1 atom stereocenters. The molecule has 3 nitrogen and oxygen atoms in total. The van der Waals surface area contributed by atoms with E-state index >= 15 is 0 Å². The Balaban J connectivity index is 1.75. The lowest BCUT2D eigenvalue weighted by molar-refractivity contribution is 0.134. The Labute approximate surface area is 89.4 Å². The van der Waals surface area contributed by atoms with Crippen LogP contribution >= 0.6 is 0 Å². The standard InChI is InChI=1S/C12H15NO2/c1-2-11(13-12-3-4-14-8-12)5-10-7-15-6-9(1)10/h1-2,5,12-13H,3-4,6-8H2. The zero-order chi connectivity index (χ0) is 10.1. The molecule has 80 valence electrons. The molecular formula is C12H15NO2. The van der Waals surface area contributed by atoms with Crippen molar-refractivity contribution in [3.63, 3.8) is 0 Å². The third-order valence-electron chi connectivity index (χ3n) is 3.02. The van der Waals surface area contributed by atoms with Crippen molar-refractivity contribution in [2.24, 2.45) is 0 Å². The Morgan fingerprint density at radius 3 is 2.93 bits per heavy atom. The quantitative estimate of drug-likeness (QED) is 0.800. The molecule has 0 amide bonds. The lowest BCUT2D eigenvalue weighted by atomic mass is 10.1. The van der Waals surface area contributed by atoms with Crippen molar-refractivity contribution in [3.8, 4) is 0 Å². The highest BCUT2D eigenvalue weighted by Gasteiger charge is 2.16. The number of fused-ring (bicyclic) bond motifs is 1. The Bertz CT molecular complexity index is 359. The molecule has 1 aromatic rings. The van der Waals surface area contributed by atoms with Gasteiger partial charge in [0.05, 0.1) is 25.9 Å². The second kappa shape index (κ2) is 3.83. The van der Waals surface area contributed by atoms with Crippen LogP contribution < -0.4 is 5.32 Å². The first-order valence-corrected chi connectivity index (χ1v) is 5.46. The maximum Gasteiger partial charge on any atom is 0.0725 e. The van der Waals surface area contributed by atoms with Crippen LogP contribution in [-0.4, -0.2) is 19.3 Å². The molecule has 2 aliphatic heterocycles. The maximum absolute atomic E-state index is 5.39. The molecule has 0 aromatic heterocycles. The van der Waals surface area contributed by atoms with Gasteiger partial charge in [0.1, 0.15) is 0 Å². The second-order valence-electron chi connectivity index (χ2n) is 4.18. The van der Waals surface area contributed by atoms with Gasteiger partial charge in [-0.25, -0.2) is 0 Å². The van der Waals surface area contributed by atoms with Crippen LogP contribution in [0.3, 0.4) is 0 Å². The summed E-state index contributed by atoms with van der Waals surface area (Å²) in [6.07, 6.45) is 1.10. The zero-order valence-electron chi connectivity index (χ0n) is 8.66. The molecular weight excluding hydrogens is 190 g/mol. The largest absolute Gasteiger partial charge is 0.380 e. The van der Waals surface area contributed by atoms with Gasteiger partial charge in [0.15, 0.2) is 0 Å². The van der Waals surface area contributed by atoms with E-state index in [-0.39, 0.29) is 0 Å². The van der Waals surface area contributed by atoms with E-state index in [0.717, 1.165) is 32.8 Å². The van der Waals surface area contributed by atoms with Crippen LogP contribution in [0.15, 0.2) is 18.2 Å². The third kappa shape index (κ3) is 1.85. The van der Waals surface area contributed by atoms with E-state index in [0.29, 0.717) is 6.04 Å². The van der Waals surface area contributed by atoms with Crippen LogP contribution in [0.25, 0.3) is 0 Å². The molecule has 0 saturated carbocycles. The highest BCUT2D eigenvalue weighted by molar-refractivity contribution is 5.50. The van der Waals surface area contributed by atoms with Gasteiger partial charge in [-0.15, -0.1) is 0 Å². The first-order chi connectivity index (χ1) is 7.42. The molecule has 0 radical (unpaired) electrons. The average Bonchev–Trinajstić information content (AvgIpc) is 2.87. The van der Waals surface area contributed by atoms with Gasteiger partial charge in [-0.3, -0.25) is 0 Å². The third-order valence-corrected chi connectivity index (χ3v) is 3.02. The Kier molecular flexibility index (Phi) is 2.35. The Hall–Kier alpha value is -1.06. The molecule has 0 spiro atoms. The molecule has 1 N–H and O–H groups in total. The fourth-order valence-corrected chi connectivity index (χ4v) is 2.15. The molecule has 2 aliphatic rings. The SMILES string of the molecule is c1cc2c(cc1NC1CCOC1)COC2. The summed E-state index contributed by atoms with van der Waals surface area (Å²) in [6.45, 7) is 3.23. The number of ether oxygens (including phenoxy) is 2. The molecule has 0 aliphatic carbocycles. The number of hydrogen-bond donors (Lipinski definition) is 1. The average molecular weight is 205 g/mol. The minimum absolute atomic E-state index is 0.477. The van der Waals surface area contributed by atoms with Gasteiger partial charge in [-0.2, -0.15) is 0 Å². The van der Waals surface area contributed by atoms with Gasteiger partial charge in [0.25, 0.3) is 0 Å². The number of benzene rings is 1. The lowest BCUT2D eigenvalue weighted by Gasteiger charge is -2.12. The molecule has 0 bridgehead atoms. The fraction of sp³-hybridized carbons (Fsp3) is 0.500. The van der Waals surface area contributed by atoms with Crippen molar-refractivity contribution < 1.29 is 9.47 Å². The first kappa shape index (κ1) is 9.19. The molecule has 1 saturated heterocycles. The van der Waals surface area contributed by atoms with Crippen LogP contribution in [0.2, 0.25) is 0 Å². The predicted molar refractivity (Wildman–Crippen MR) is 57.8 cm³/mol. The topological polar surface area (TPSA) is 30.5 Å². The lowest BCUT2D eigenvalue weighted by Crippen LogP contribution is -2.18. The minimum atomic E-state index is 0.477. The highest BCUT2D eigenvalue weighted by Crippen LogP contribution is 2.24. The zero-order valence-corrected chi connectivity index (χ0v) is 8.66. The van der Waals surface area contributed by atoms with Gasteiger partial charge in [-0.05, 0) is 29.7 Å². The normalized spacial score (nSPS) is 24.1. The number of rotatable bonds is 2. The summed E-state index contributed by atoms with van der Waals surface area (Å²) in [5.41, 5.74) is 3.83. The predicted octanol–water partition coefficient (Wildman–Crippen LogP) is 1.92. The van der Waals surface area contributed by atoms with E-state index in [1.807, 2.05) is 0 Å². The molecule has 15 heavy (non-hydrogen) atoms. The van der Waals surface area contributed by atoms with Crippen molar-refractivity contribution in [3.05, 3.63) is 29.3 Å². The van der Waals surface area contributed by atoms with Crippen LogP contribution in [0, 0.1) is 0 Å². The van der Waals surface area contributed by atoms with Crippen LogP contribution in [0.5, 0.6) is 0 Å². The second-order valence-corrected chi connectivity index (χ2v) is 4.18. The number of nitrogens with one attached hydrogen (secondary N) is 1. The fourth-order valence-electron chi connectivity index (χ4n) is 2.15. The summed E-state index contributed by atoms with van der Waals surface area (Å²) >= 11 is 0.